The zero-order valence-corrected chi connectivity index (χ0v) is 67.6. The van der Waals surface area contributed by atoms with E-state index in [0.717, 1.165) is 64.6 Å². The molecular weight excluding hydrogens is 1370 g/mol. The highest BCUT2D eigenvalue weighted by atomic mass is 35.5. The van der Waals surface area contributed by atoms with Crippen molar-refractivity contribution in [3.05, 3.63) is 137 Å². The molecule has 2 aliphatic heterocycles. The molecule has 0 saturated carbocycles. The molecule has 7 nitrogen and oxygen atoms in total. The smallest absolute Gasteiger partial charge is 0.323 e. The Kier molecular flexibility index (Phi) is 52.0. The molecule has 114 heavy (non-hydrogen) atoms. The van der Waals surface area contributed by atoms with Crippen LogP contribution in [0.4, 0.5) is 4.39 Å². The van der Waals surface area contributed by atoms with Crippen LogP contribution in [0.1, 0.15) is 80.2 Å². The molecule has 63 radical (unpaired) electrons. The largest absolute Gasteiger partial charge is 0.468 e. The topological polar surface area (TPSA) is 79.3 Å². The van der Waals surface area contributed by atoms with E-state index >= 15 is 0 Å². The Morgan fingerprint density at radius 2 is 0.789 bits per heavy atom. The van der Waals surface area contributed by atoms with E-state index in [1.165, 1.54) is 36.8 Å². The molecule has 4 aromatic carbocycles. The summed E-state index contributed by atoms with van der Waals surface area (Å²) in [6.07, 6.45) is -18.3. The van der Waals surface area contributed by atoms with Crippen LogP contribution >= 0.6 is 23.4 Å². The molecule has 2 fully saturated rings. The van der Waals surface area contributed by atoms with Gasteiger partial charge in [0.25, 0.3) is 0 Å². The summed E-state index contributed by atoms with van der Waals surface area (Å²) in [6.45, 7) is 5.53. The number of methoxy groups -OCH3 is 1. The van der Waals surface area contributed by atoms with Crippen LogP contribution in [-0.4, -0.2) is 498 Å². The molecule has 1 N–H and O–H groups in total. The van der Waals surface area contributed by atoms with Gasteiger partial charge in [-0.05, 0) is 112 Å². The summed E-state index contributed by atoms with van der Waals surface area (Å²) in [7, 11) is 189. The number of esters is 2. The predicted octanol–water partition coefficient (Wildman–Crippen LogP) is -13.0. The quantitative estimate of drug-likeness (QED) is 0.0268. The van der Waals surface area contributed by atoms with Crippen LogP contribution in [-0.2, 0) is 24.7 Å². The van der Waals surface area contributed by atoms with Crippen LogP contribution in [0.5, 0.6) is 0 Å². The highest BCUT2D eigenvalue weighted by molar-refractivity contribution is 8.29. The number of rotatable bonds is 40. The molecule has 0 spiro atoms. The van der Waals surface area contributed by atoms with Gasteiger partial charge in [-0.2, -0.15) is 0 Å². The molecule has 69 heteroatoms. The second-order valence-corrected chi connectivity index (χ2v) is 31.6. The highest BCUT2D eigenvalue weighted by Crippen LogP contribution is 2.39. The fraction of sp³-hybridized carbons (Fsp3) is 0.422. The third kappa shape index (κ3) is 33.2. The molecule has 6 rings (SSSR count). The molecule has 2 heterocycles. The average Bonchev–Trinajstić information content (AvgIpc) is 0.776. The lowest BCUT2D eigenvalue weighted by molar-refractivity contribution is -0.151. The van der Waals surface area contributed by atoms with Crippen LogP contribution in [0.2, 0.25) is 5.02 Å². The van der Waals surface area contributed by atoms with E-state index in [-0.39, 0.29) is 29.8 Å². The lowest BCUT2D eigenvalue weighted by Crippen LogP contribution is -2.88. The minimum absolute atomic E-state index is 0.0517. The molecule has 0 aliphatic carbocycles. The fourth-order valence-corrected chi connectivity index (χ4v) is 17.8. The van der Waals surface area contributed by atoms with E-state index in [0.29, 0.717) is 41.0 Å². The molecular formula is C45H54B59ClFN2O5S. The maximum absolute atomic E-state index is 13.4. The Labute approximate surface area is 749 Å². The molecule has 4 aromatic rings. The summed E-state index contributed by atoms with van der Waals surface area (Å²) in [5.74, 6) is -0.648. The maximum atomic E-state index is 13.4. The van der Waals surface area contributed by atoms with Gasteiger partial charge in [-0.1, -0.05) is 97.2 Å². The Balaban J connectivity index is 0.000000393. The first-order chi connectivity index (χ1) is 53.5. The van der Waals surface area contributed by atoms with Crippen molar-refractivity contribution in [1.29, 1.82) is 0 Å². The SMILES string of the molecule is CCOC(=O)C1CCCCN1CCC(Sc1ccccc1)c1ccccc1.COC(=O)C1CCCCN1CCC(O)(c1ccc(F)cc1)c1ccc(Cl)cc1.[B]B([B])B(B([B])[B])B(B(B([B])[B])B([B])[B])B(B(B([B])[B])B([B])[B])B(B([B])[B])B([B])[B].[B][B]B(B([B])[B])B(B(B([B])[B])B([B])[B])B(B(B([B])[B])B([B])[B])B(B([B])[B])B([B])[B]. The number of likely N-dealkylation sites (tertiary alicyclic amines) is 2. The number of benzene rings is 4. The van der Waals surface area contributed by atoms with Crippen molar-refractivity contribution in [1.82, 2.24) is 9.80 Å². The maximum Gasteiger partial charge on any atom is 0.323 e. The molecule has 0 aromatic heterocycles. The van der Waals surface area contributed by atoms with Gasteiger partial charge >= 0.3 is 11.9 Å². The fourth-order valence-electron chi connectivity index (χ4n) is 16.5. The lowest BCUT2D eigenvalue weighted by Gasteiger charge is -2.50. The molecule has 2 aliphatic rings. The van der Waals surface area contributed by atoms with Crippen molar-refractivity contribution < 1.29 is 28.6 Å². The second-order valence-electron chi connectivity index (χ2n) is 29.9. The van der Waals surface area contributed by atoms with Crippen LogP contribution < -0.4 is 0 Å². The van der Waals surface area contributed by atoms with Gasteiger partial charge in [0.2, 0.25) is 0 Å². The number of ether oxygens (including phenoxy) is 2. The van der Waals surface area contributed by atoms with E-state index in [1.54, 1.807) is 36.4 Å². The van der Waals surface area contributed by atoms with Gasteiger partial charge in [0, 0.05) is 448 Å². The first-order valence-corrected chi connectivity index (χ1v) is 39.7. The van der Waals surface area contributed by atoms with E-state index in [2.05, 4.69) is 70.5 Å². The second kappa shape index (κ2) is 54.8. The summed E-state index contributed by atoms with van der Waals surface area (Å²) < 4.78 is 23.7. The molecule has 2 saturated heterocycles. The molecule has 0 amide bonds. The van der Waals surface area contributed by atoms with Gasteiger partial charge in [-0.15, -0.1) is 11.8 Å². The number of aliphatic hydroxyl groups is 1. The number of nitrogens with zero attached hydrogens (tertiary/aromatic N) is 2. The van der Waals surface area contributed by atoms with Crippen LogP contribution in [0.25, 0.3) is 0 Å². The Morgan fingerprint density at radius 1 is 0.465 bits per heavy atom. The number of hydrogen-bond donors (Lipinski definition) is 1. The first-order valence-electron chi connectivity index (χ1n) is 38.5. The monoisotopic (exact) mass is 1440 g/mol. The third-order valence-corrected chi connectivity index (χ3v) is 23.5. The Morgan fingerprint density at radius 3 is 1.12 bits per heavy atom. The zero-order valence-electron chi connectivity index (χ0n) is 66.0. The Hall–Kier alpha value is 0.101. The molecule has 471 valence electrons. The average molecular weight is 1430 g/mol. The highest BCUT2D eigenvalue weighted by Gasteiger charge is 2.54. The van der Waals surface area contributed by atoms with Crippen LogP contribution in [0, 0.1) is 5.82 Å². The Bertz CT molecular complexity index is 3080. The van der Waals surface area contributed by atoms with Crippen molar-refractivity contribution in [2.45, 2.75) is 86.1 Å². The number of halogens is 2. The van der Waals surface area contributed by atoms with Crippen molar-refractivity contribution in [2.24, 2.45) is 0 Å². The zero-order chi connectivity index (χ0) is 86.3. The van der Waals surface area contributed by atoms with Gasteiger partial charge in [-0.25, -0.2) is 4.39 Å². The lowest BCUT2D eigenvalue weighted by atomic mass is 8.31. The van der Waals surface area contributed by atoms with Crippen LogP contribution in [0.3, 0.4) is 0 Å². The number of thioether (sulfide) groups is 1. The van der Waals surface area contributed by atoms with Crippen LogP contribution in [0.15, 0.2) is 114 Å². The van der Waals surface area contributed by atoms with Crippen molar-refractivity contribution >= 4 is 455 Å². The van der Waals surface area contributed by atoms with Crippen molar-refractivity contribution in [2.75, 3.05) is 39.9 Å². The number of hydrogen-bond acceptors (Lipinski definition) is 8. The molecule has 4 unspecified atom stereocenters. The first kappa shape index (κ1) is 108. The number of carbonyl (C=O) groups excluding carboxylic acids is 2. The van der Waals surface area contributed by atoms with Crippen molar-refractivity contribution in [3.8, 4) is 0 Å². The van der Waals surface area contributed by atoms with Gasteiger partial charge < -0.3 is 14.6 Å². The molecule has 0 bridgehead atoms. The van der Waals surface area contributed by atoms with E-state index < -0.39 is 178 Å². The summed E-state index contributed by atoms with van der Waals surface area (Å²) >= 11 is 7.91. The van der Waals surface area contributed by atoms with E-state index in [9.17, 15) is 19.1 Å². The normalized spacial score (nSPS) is 14.2. The summed E-state index contributed by atoms with van der Waals surface area (Å²) in [4.78, 5) is 30.2. The number of carbonyl (C=O) groups is 2. The predicted molar refractivity (Wildman–Crippen MR) is 558 cm³/mol. The number of piperidine rings is 2. The summed E-state index contributed by atoms with van der Waals surface area (Å²) in [6, 6.07) is 33.8. The van der Waals surface area contributed by atoms with Crippen molar-refractivity contribution in [3.63, 3.8) is 0 Å². The minimum atomic E-state index is -1.32. The minimum Gasteiger partial charge on any atom is -0.468 e. The summed E-state index contributed by atoms with van der Waals surface area (Å²) in [5, 5.41) is 12.6. The standard InChI is InChI=1S/C23H29NO2S.C22H25ClFNO3.B30.B29/c1-2-26-23(25)21-15-9-10-17-24(21)18-16-22(19-11-5-3-6-12-19)27-20-13-7-4-8-14-20;1-28-21(26)20-4-2-3-14-25(20)15-13-22(27,16-5-9-18(23)10-6-16)17-7-11-19(24)12-8-17;1-17(2)25(18(3)4)29(26(19(5)6)20(7)8)30(27(21(9)10)22(11)12)28(23(13)14)24(15)16;1-16-24(17(2)3)28(25(18(4)5)19(6)7)29(26(20(8)9)21(10)11)27(22(12)13)23(14)15/h3-8,11-14,21-22H,2,9-10,15-18H2,1H3;5-12,20,27H,2-4,13-15H2,1H3;;. The van der Waals surface area contributed by atoms with Gasteiger partial charge in [0.15, 0.2) is 0 Å². The molecule has 4 atom stereocenters. The van der Waals surface area contributed by atoms with Gasteiger partial charge in [-0.3, -0.25) is 19.4 Å². The van der Waals surface area contributed by atoms with E-state index in [1.807, 2.05) is 18.7 Å². The van der Waals surface area contributed by atoms with Gasteiger partial charge in [0.1, 0.15) is 23.5 Å². The summed E-state index contributed by atoms with van der Waals surface area (Å²) in [5.41, 5.74) is 1.30. The van der Waals surface area contributed by atoms with Gasteiger partial charge in [0.05, 0.1) is 13.7 Å². The van der Waals surface area contributed by atoms with E-state index in [4.69, 9.17) is 261 Å². The third-order valence-electron chi connectivity index (χ3n) is 21.9.